The molecule has 4 heteroatoms. The average Bonchev–Trinajstić information content (AvgIpc) is 2.38. The summed E-state index contributed by atoms with van der Waals surface area (Å²) in [5.74, 6) is 0.864. The Balaban J connectivity index is 1.90. The van der Waals surface area contributed by atoms with Gasteiger partial charge in [0, 0.05) is 24.7 Å². The van der Waals surface area contributed by atoms with Crippen LogP contribution in [0.1, 0.15) is 52.9 Å². The Bertz CT molecular complexity index is 322. The van der Waals surface area contributed by atoms with Gasteiger partial charge in [0.2, 0.25) is 5.91 Å². The summed E-state index contributed by atoms with van der Waals surface area (Å²) >= 11 is 0. The second-order valence-corrected chi connectivity index (χ2v) is 6.93. The van der Waals surface area contributed by atoms with Crippen molar-refractivity contribution in [2.45, 2.75) is 71.0 Å². The molecule has 2 N–H and O–H groups in total. The molecule has 0 radical (unpaired) electrons. The van der Waals surface area contributed by atoms with Gasteiger partial charge < -0.3 is 10.6 Å². The second-order valence-electron chi connectivity index (χ2n) is 6.93. The van der Waals surface area contributed by atoms with E-state index in [4.69, 9.17) is 5.73 Å². The van der Waals surface area contributed by atoms with Crippen LogP contribution >= 0.6 is 0 Å². The summed E-state index contributed by atoms with van der Waals surface area (Å²) in [6.07, 6.45) is 5.93. The highest BCUT2D eigenvalue weighted by Crippen LogP contribution is 2.24. The Kier molecular flexibility index (Phi) is 5.44. The smallest absolute Gasteiger partial charge is 0.237 e. The summed E-state index contributed by atoms with van der Waals surface area (Å²) in [4.78, 5) is 17.1. The first-order valence-corrected chi connectivity index (χ1v) is 8.28. The molecule has 20 heavy (non-hydrogen) atoms. The van der Waals surface area contributed by atoms with Crippen LogP contribution < -0.4 is 5.73 Å². The lowest BCUT2D eigenvalue weighted by Crippen LogP contribution is -2.52. The number of rotatable bonds is 3. The van der Waals surface area contributed by atoms with E-state index < -0.39 is 0 Å². The van der Waals surface area contributed by atoms with Gasteiger partial charge in [-0.2, -0.15) is 0 Å². The molecule has 0 aromatic carbocycles. The Labute approximate surface area is 123 Å². The van der Waals surface area contributed by atoms with E-state index in [1.807, 2.05) is 0 Å². The number of likely N-dealkylation sites (tertiary alicyclic amines) is 2. The van der Waals surface area contributed by atoms with Gasteiger partial charge in [-0.25, -0.2) is 0 Å². The molecule has 2 aliphatic heterocycles. The van der Waals surface area contributed by atoms with E-state index in [2.05, 4.69) is 30.6 Å². The van der Waals surface area contributed by atoms with Gasteiger partial charge in [-0.15, -0.1) is 0 Å². The SMILES string of the molecule is CC(N)C1CCCN(CC(=O)N2C(C)CCCC2C)C1. The molecular formula is C16H31N3O. The lowest BCUT2D eigenvalue weighted by molar-refractivity contribution is -0.139. The number of nitrogens with zero attached hydrogens (tertiary/aromatic N) is 2. The van der Waals surface area contributed by atoms with E-state index in [0.29, 0.717) is 30.5 Å². The van der Waals surface area contributed by atoms with Crippen molar-refractivity contribution in [1.82, 2.24) is 9.80 Å². The van der Waals surface area contributed by atoms with Crippen LogP contribution in [0.5, 0.6) is 0 Å². The third-order valence-electron chi connectivity index (χ3n) is 5.13. The average molecular weight is 281 g/mol. The van der Waals surface area contributed by atoms with Gasteiger partial charge in [0.25, 0.3) is 0 Å². The zero-order valence-electron chi connectivity index (χ0n) is 13.3. The quantitative estimate of drug-likeness (QED) is 0.858. The number of amides is 1. The molecule has 2 fully saturated rings. The summed E-state index contributed by atoms with van der Waals surface area (Å²) in [6.45, 7) is 9.08. The number of hydrogen-bond donors (Lipinski definition) is 1. The lowest BCUT2D eigenvalue weighted by Gasteiger charge is -2.41. The van der Waals surface area contributed by atoms with Crippen molar-refractivity contribution in [2.24, 2.45) is 11.7 Å². The van der Waals surface area contributed by atoms with E-state index in [9.17, 15) is 4.79 Å². The molecule has 0 spiro atoms. The highest BCUT2D eigenvalue weighted by atomic mass is 16.2. The molecule has 2 rings (SSSR count). The van der Waals surface area contributed by atoms with Crippen molar-refractivity contribution >= 4 is 5.91 Å². The standard InChI is InChI=1S/C16H31N3O/c1-12-6-4-7-13(2)19(12)16(20)11-18-9-5-8-15(10-18)14(3)17/h12-15H,4-11,17H2,1-3H3. The fourth-order valence-electron chi connectivity index (χ4n) is 3.85. The van der Waals surface area contributed by atoms with Crippen LogP contribution in [0.25, 0.3) is 0 Å². The minimum Gasteiger partial charge on any atom is -0.336 e. The molecule has 2 saturated heterocycles. The molecule has 1 amide bonds. The van der Waals surface area contributed by atoms with Crippen LogP contribution in [0.3, 0.4) is 0 Å². The molecule has 0 aromatic heterocycles. The van der Waals surface area contributed by atoms with E-state index in [1.165, 1.54) is 19.3 Å². The van der Waals surface area contributed by atoms with E-state index in [-0.39, 0.29) is 6.04 Å². The highest BCUT2D eigenvalue weighted by molar-refractivity contribution is 5.79. The Hall–Kier alpha value is -0.610. The molecule has 4 nitrogen and oxygen atoms in total. The van der Waals surface area contributed by atoms with Crippen LogP contribution in [0.4, 0.5) is 0 Å². The lowest BCUT2D eigenvalue weighted by atomic mass is 9.92. The molecule has 2 aliphatic rings. The van der Waals surface area contributed by atoms with Gasteiger partial charge in [-0.05, 0) is 65.3 Å². The van der Waals surface area contributed by atoms with Crippen molar-refractivity contribution in [3.8, 4) is 0 Å². The maximum Gasteiger partial charge on any atom is 0.237 e. The largest absolute Gasteiger partial charge is 0.336 e. The number of piperidine rings is 2. The molecule has 0 aromatic rings. The Morgan fingerprint density at radius 1 is 1.20 bits per heavy atom. The summed E-state index contributed by atoms with van der Waals surface area (Å²) in [7, 11) is 0. The van der Waals surface area contributed by atoms with Crippen molar-refractivity contribution < 1.29 is 4.79 Å². The molecule has 4 atom stereocenters. The van der Waals surface area contributed by atoms with Crippen LogP contribution in [0, 0.1) is 5.92 Å². The van der Waals surface area contributed by atoms with Crippen LogP contribution in [-0.4, -0.2) is 53.5 Å². The third-order valence-corrected chi connectivity index (χ3v) is 5.13. The minimum atomic E-state index is 0.237. The molecule has 0 aliphatic carbocycles. The predicted molar refractivity (Wildman–Crippen MR) is 82.4 cm³/mol. The van der Waals surface area contributed by atoms with Gasteiger partial charge in [0.15, 0.2) is 0 Å². The zero-order chi connectivity index (χ0) is 14.7. The Morgan fingerprint density at radius 2 is 1.85 bits per heavy atom. The maximum atomic E-state index is 12.6. The second kappa shape index (κ2) is 6.90. The van der Waals surface area contributed by atoms with Crippen LogP contribution in [-0.2, 0) is 4.79 Å². The third kappa shape index (κ3) is 3.73. The Morgan fingerprint density at radius 3 is 2.45 bits per heavy atom. The number of hydrogen-bond acceptors (Lipinski definition) is 3. The van der Waals surface area contributed by atoms with Gasteiger partial charge in [-0.1, -0.05) is 0 Å². The maximum absolute atomic E-state index is 12.6. The molecule has 0 saturated carbocycles. The monoisotopic (exact) mass is 281 g/mol. The first kappa shape index (κ1) is 15.8. The van der Waals surface area contributed by atoms with Gasteiger partial charge in [0.05, 0.1) is 6.54 Å². The fourth-order valence-corrected chi connectivity index (χ4v) is 3.85. The summed E-state index contributed by atoms with van der Waals surface area (Å²) in [5, 5.41) is 0. The molecule has 2 heterocycles. The van der Waals surface area contributed by atoms with Crippen molar-refractivity contribution in [3.63, 3.8) is 0 Å². The predicted octanol–water partition coefficient (Wildman–Crippen LogP) is 1.84. The zero-order valence-corrected chi connectivity index (χ0v) is 13.3. The number of carbonyl (C=O) groups excluding carboxylic acids is 1. The number of nitrogens with two attached hydrogens (primary N) is 1. The van der Waals surface area contributed by atoms with Gasteiger partial charge >= 0.3 is 0 Å². The molecular weight excluding hydrogens is 250 g/mol. The van der Waals surface area contributed by atoms with Crippen molar-refractivity contribution in [1.29, 1.82) is 0 Å². The molecule has 4 unspecified atom stereocenters. The topological polar surface area (TPSA) is 49.6 Å². The molecule has 0 bridgehead atoms. The fraction of sp³-hybridized carbons (Fsp3) is 0.938. The van der Waals surface area contributed by atoms with Crippen LogP contribution in [0.15, 0.2) is 0 Å². The normalized spacial score (nSPS) is 34.0. The summed E-state index contributed by atoms with van der Waals surface area (Å²) < 4.78 is 0. The van der Waals surface area contributed by atoms with Crippen molar-refractivity contribution in [2.75, 3.05) is 19.6 Å². The van der Waals surface area contributed by atoms with E-state index >= 15 is 0 Å². The highest BCUT2D eigenvalue weighted by Gasteiger charge is 2.31. The first-order valence-electron chi connectivity index (χ1n) is 8.28. The number of carbonyl (C=O) groups is 1. The van der Waals surface area contributed by atoms with E-state index in [0.717, 1.165) is 25.9 Å². The molecule has 116 valence electrons. The minimum absolute atomic E-state index is 0.237. The van der Waals surface area contributed by atoms with Crippen LogP contribution in [0.2, 0.25) is 0 Å². The summed E-state index contributed by atoms with van der Waals surface area (Å²) in [6, 6.07) is 1.04. The summed E-state index contributed by atoms with van der Waals surface area (Å²) in [5.41, 5.74) is 6.03. The van der Waals surface area contributed by atoms with E-state index in [1.54, 1.807) is 0 Å². The van der Waals surface area contributed by atoms with Crippen molar-refractivity contribution in [3.05, 3.63) is 0 Å². The van der Waals surface area contributed by atoms with Gasteiger partial charge in [-0.3, -0.25) is 9.69 Å². The van der Waals surface area contributed by atoms with Gasteiger partial charge in [0.1, 0.15) is 0 Å². The first-order chi connectivity index (χ1) is 9.49.